The van der Waals surface area contributed by atoms with E-state index in [1.807, 2.05) is 6.92 Å². The van der Waals surface area contributed by atoms with Gasteiger partial charge in [0.05, 0.1) is 11.7 Å². The van der Waals surface area contributed by atoms with Crippen LogP contribution in [0.1, 0.15) is 31.7 Å². The maximum atomic E-state index is 12.9. The summed E-state index contributed by atoms with van der Waals surface area (Å²) in [5, 5.41) is 3.02. The van der Waals surface area contributed by atoms with Gasteiger partial charge in [0.1, 0.15) is 0 Å². The van der Waals surface area contributed by atoms with E-state index >= 15 is 0 Å². The lowest BCUT2D eigenvalue weighted by atomic mass is 10.0. The Morgan fingerprint density at radius 1 is 1.32 bits per heavy atom. The molecule has 2 atom stereocenters. The van der Waals surface area contributed by atoms with Crippen LogP contribution in [0.25, 0.3) is 0 Å². The molecule has 2 unspecified atom stereocenters. The van der Waals surface area contributed by atoms with Crippen molar-refractivity contribution in [2.24, 2.45) is 0 Å². The van der Waals surface area contributed by atoms with E-state index in [1.54, 1.807) is 6.07 Å². The van der Waals surface area contributed by atoms with Gasteiger partial charge in [-0.1, -0.05) is 19.1 Å². The van der Waals surface area contributed by atoms with Crippen LogP contribution in [0, 0.1) is 0 Å². The highest BCUT2D eigenvalue weighted by molar-refractivity contribution is 5.53. The van der Waals surface area contributed by atoms with Gasteiger partial charge in [0.15, 0.2) is 0 Å². The third kappa shape index (κ3) is 3.62. The monoisotopic (exact) mass is 273 g/mol. The standard InChI is InChI=1S/C14H18F3NO/c1-2-11-9-10(7-8-19-11)18-13-6-4-3-5-12(13)14(15,16)17/h3-6,10-11,18H,2,7-9H2,1H3. The number of hydrogen-bond donors (Lipinski definition) is 1. The van der Waals surface area contributed by atoms with Crippen LogP contribution in [-0.4, -0.2) is 18.8 Å². The zero-order valence-corrected chi connectivity index (χ0v) is 10.8. The summed E-state index contributed by atoms with van der Waals surface area (Å²) in [5.41, 5.74) is -0.439. The Kier molecular flexibility index (Phi) is 4.34. The molecule has 0 radical (unpaired) electrons. The van der Waals surface area contributed by atoms with Crippen molar-refractivity contribution in [3.8, 4) is 0 Å². The normalized spacial score (nSPS) is 24.2. The number of benzene rings is 1. The Bertz CT molecular complexity index is 419. The molecule has 1 aliphatic heterocycles. The molecule has 1 aromatic carbocycles. The Labute approximate surface area is 111 Å². The maximum absolute atomic E-state index is 12.9. The van der Waals surface area contributed by atoms with Gasteiger partial charge in [-0.05, 0) is 31.4 Å². The third-order valence-electron chi connectivity index (χ3n) is 3.41. The predicted octanol–water partition coefficient (Wildman–Crippen LogP) is 4.07. The topological polar surface area (TPSA) is 21.3 Å². The van der Waals surface area contributed by atoms with Crippen molar-refractivity contribution in [3.05, 3.63) is 29.8 Å². The van der Waals surface area contributed by atoms with E-state index in [0.717, 1.165) is 25.3 Å². The highest BCUT2D eigenvalue weighted by Crippen LogP contribution is 2.35. The lowest BCUT2D eigenvalue weighted by Gasteiger charge is -2.31. The fourth-order valence-electron chi connectivity index (χ4n) is 2.37. The first-order chi connectivity index (χ1) is 9.00. The van der Waals surface area contributed by atoms with Gasteiger partial charge < -0.3 is 10.1 Å². The summed E-state index contributed by atoms with van der Waals surface area (Å²) in [6, 6.07) is 5.67. The van der Waals surface area contributed by atoms with Crippen LogP contribution >= 0.6 is 0 Å². The van der Waals surface area contributed by atoms with Crippen molar-refractivity contribution >= 4 is 5.69 Å². The minimum atomic E-state index is -4.32. The average Bonchev–Trinajstić information content (AvgIpc) is 2.38. The largest absolute Gasteiger partial charge is 0.418 e. The molecular weight excluding hydrogens is 255 g/mol. The molecule has 1 N–H and O–H groups in total. The highest BCUT2D eigenvalue weighted by atomic mass is 19.4. The Hall–Kier alpha value is -1.23. The summed E-state index contributed by atoms with van der Waals surface area (Å²) >= 11 is 0. The van der Waals surface area contributed by atoms with Gasteiger partial charge in [0, 0.05) is 18.3 Å². The van der Waals surface area contributed by atoms with Crippen LogP contribution < -0.4 is 5.32 Å². The number of anilines is 1. The summed E-state index contributed by atoms with van der Waals surface area (Å²) < 4.78 is 44.2. The second kappa shape index (κ2) is 5.82. The van der Waals surface area contributed by atoms with Gasteiger partial charge >= 0.3 is 6.18 Å². The molecule has 1 aliphatic rings. The number of halogens is 3. The minimum absolute atomic E-state index is 0.0437. The second-order valence-electron chi connectivity index (χ2n) is 4.81. The smallest absolute Gasteiger partial charge is 0.382 e. The zero-order chi connectivity index (χ0) is 13.9. The van der Waals surface area contributed by atoms with E-state index < -0.39 is 11.7 Å². The van der Waals surface area contributed by atoms with E-state index in [0.29, 0.717) is 6.61 Å². The Balaban J connectivity index is 2.11. The predicted molar refractivity (Wildman–Crippen MR) is 68.1 cm³/mol. The Morgan fingerprint density at radius 3 is 2.74 bits per heavy atom. The summed E-state index contributed by atoms with van der Waals surface area (Å²) in [4.78, 5) is 0. The molecule has 2 nitrogen and oxygen atoms in total. The van der Waals surface area contributed by atoms with Gasteiger partial charge in [-0.2, -0.15) is 13.2 Å². The molecule has 1 heterocycles. The third-order valence-corrected chi connectivity index (χ3v) is 3.41. The van der Waals surface area contributed by atoms with Gasteiger partial charge in [0.2, 0.25) is 0 Å². The number of rotatable bonds is 3. The van der Waals surface area contributed by atoms with Crippen LogP contribution in [0.5, 0.6) is 0 Å². The molecule has 0 bridgehead atoms. The number of para-hydroxylation sites is 1. The van der Waals surface area contributed by atoms with Crippen molar-refractivity contribution in [3.63, 3.8) is 0 Å². The molecule has 1 aromatic rings. The number of nitrogens with one attached hydrogen (secondary N) is 1. The lowest BCUT2D eigenvalue weighted by Crippen LogP contribution is -2.34. The number of hydrogen-bond acceptors (Lipinski definition) is 2. The molecule has 1 fully saturated rings. The highest BCUT2D eigenvalue weighted by Gasteiger charge is 2.34. The zero-order valence-electron chi connectivity index (χ0n) is 10.8. The molecule has 0 saturated carbocycles. The van der Waals surface area contributed by atoms with E-state index in [-0.39, 0.29) is 17.8 Å². The van der Waals surface area contributed by atoms with Crippen LogP contribution in [0.15, 0.2) is 24.3 Å². The van der Waals surface area contributed by atoms with Crippen LogP contribution in [-0.2, 0) is 10.9 Å². The summed E-state index contributed by atoms with van der Waals surface area (Å²) in [6.45, 7) is 2.63. The molecule has 0 aliphatic carbocycles. The quantitative estimate of drug-likeness (QED) is 0.896. The van der Waals surface area contributed by atoms with Crippen molar-refractivity contribution < 1.29 is 17.9 Å². The van der Waals surface area contributed by atoms with Gasteiger partial charge in [-0.25, -0.2) is 0 Å². The summed E-state index contributed by atoms with van der Waals surface area (Å²) in [5.74, 6) is 0. The molecule has 19 heavy (non-hydrogen) atoms. The van der Waals surface area contributed by atoms with Crippen LogP contribution in [0.4, 0.5) is 18.9 Å². The SMILES string of the molecule is CCC1CC(Nc2ccccc2C(F)(F)F)CCO1. The van der Waals surface area contributed by atoms with Gasteiger partial charge in [-0.3, -0.25) is 0 Å². The molecule has 5 heteroatoms. The fourth-order valence-corrected chi connectivity index (χ4v) is 2.37. The van der Waals surface area contributed by atoms with E-state index in [4.69, 9.17) is 4.74 Å². The minimum Gasteiger partial charge on any atom is -0.382 e. The molecule has 1 saturated heterocycles. The Morgan fingerprint density at radius 2 is 2.05 bits per heavy atom. The van der Waals surface area contributed by atoms with Crippen molar-refractivity contribution in [2.45, 2.75) is 44.5 Å². The van der Waals surface area contributed by atoms with Crippen LogP contribution in [0.3, 0.4) is 0 Å². The van der Waals surface area contributed by atoms with Gasteiger partial charge in [-0.15, -0.1) is 0 Å². The summed E-state index contributed by atoms with van der Waals surface area (Å²) in [7, 11) is 0. The van der Waals surface area contributed by atoms with Gasteiger partial charge in [0.25, 0.3) is 0 Å². The molecular formula is C14H18F3NO. The van der Waals surface area contributed by atoms with E-state index in [2.05, 4.69) is 5.32 Å². The van der Waals surface area contributed by atoms with E-state index in [1.165, 1.54) is 12.1 Å². The van der Waals surface area contributed by atoms with Crippen molar-refractivity contribution in [2.75, 3.05) is 11.9 Å². The van der Waals surface area contributed by atoms with E-state index in [9.17, 15) is 13.2 Å². The molecule has 0 amide bonds. The molecule has 0 spiro atoms. The first-order valence-electron chi connectivity index (χ1n) is 6.55. The first kappa shape index (κ1) is 14.2. The van der Waals surface area contributed by atoms with Crippen molar-refractivity contribution in [1.82, 2.24) is 0 Å². The maximum Gasteiger partial charge on any atom is 0.418 e. The second-order valence-corrected chi connectivity index (χ2v) is 4.81. The fraction of sp³-hybridized carbons (Fsp3) is 0.571. The lowest BCUT2D eigenvalue weighted by molar-refractivity contribution is -0.137. The molecule has 106 valence electrons. The molecule has 0 aromatic heterocycles. The molecule has 2 rings (SSSR count). The van der Waals surface area contributed by atoms with Crippen molar-refractivity contribution in [1.29, 1.82) is 0 Å². The number of ether oxygens (including phenoxy) is 1. The average molecular weight is 273 g/mol. The van der Waals surface area contributed by atoms with Crippen LogP contribution in [0.2, 0.25) is 0 Å². The number of alkyl halides is 3. The first-order valence-corrected chi connectivity index (χ1v) is 6.55. The summed E-state index contributed by atoms with van der Waals surface area (Å²) in [6.07, 6.45) is -1.80.